The van der Waals surface area contributed by atoms with Gasteiger partial charge in [-0.2, -0.15) is 0 Å². The van der Waals surface area contributed by atoms with Gasteiger partial charge in [0.2, 0.25) is 0 Å². The molecule has 2 aliphatic heterocycles. The molecule has 0 aromatic carbocycles. The molecule has 23 heavy (non-hydrogen) atoms. The fraction of sp³-hybridized carbons (Fsp3) is 0.765. The van der Waals surface area contributed by atoms with E-state index < -0.39 is 0 Å². The van der Waals surface area contributed by atoms with Crippen LogP contribution in [-0.2, 0) is 16.1 Å². The smallest absolute Gasteiger partial charge is 0.251 e. The Bertz CT molecular complexity index is 522. The van der Waals surface area contributed by atoms with E-state index in [2.05, 4.69) is 28.3 Å². The molecule has 2 saturated heterocycles. The molecule has 0 saturated carbocycles. The Morgan fingerprint density at radius 2 is 2.17 bits per heavy atom. The fourth-order valence-electron chi connectivity index (χ4n) is 3.46. The van der Waals surface area contributed by atoms with Crippen LogP contribution >= 0.6 is 0 Å². The van der Waals surface area contributed by atoms with Crippen molar-refractivity contribution in [2.45, 2.75) is 51.8 Å². The maximum atomic E-state index is 12.5. The Hall–Kier alpha value is -1.40. The summed E-state index contributed by atoms with van der Waals surface area (Å²) in [5, 5.41) is 0. The molecular weight excluding hydrogens is 292 g/mol. The number of nitrogens with zero attached hydrogens (tertiary/aromatic N) is 4. The number of carbonyl (C=O) groups excluding carboxylic acids is 1. The molecule has 2 aliphatic rings. The number of carbonyl (C=O) groups is 1. The molecule has 1 aromatic rings. The summed E-state index contributed by atoms with van der Waals surface area (Å²) in [5.41, 5.74) is 0. The first-order valence-corrected chi connectivity index (χ1v) is 8.79. The van der Waals surface area contributed by atoms with Crippen LogP contribution in [0.4, 0.5) is 0 Å². The van der Waals surface area contributed by atoms with E-state index in [1.807, 2.05) is 17.3 Å². The SMILES string of the molecule is CC(C)n1ccnc1CN1CCCN(C(=O)[C@@H]2CCCO2)CC1. The highest BCUT2D eigenvalue weighted by Gasteiger charge is 2.29. The number of amides is 1. The number of aromatic nitrogens is 2. The lowest BCUT2D eigenvalue weighted by atomic mass is 10.2. The van der Waals surface area contributed by atoms with Gasteiger partial charge in [-0.05, 0) is 33.1 Å². The zero-order valence-corrected chi connectivity index (χ0v) is 14.3. The van der Waals surface area contributed by atoms with Crippen LogP contribution < -0.4 is 0 Å². The second-order valence-corrected chi connectivity index (χ2v) is 6.80. The average Bonchev–Trinajstić information content (AvgIpc) is 3.16. The quantitative estimate of drug-likeness (QED) is 0.847. The first kappa shape index (κ1) is 16.5. The lowest BCUT2D eigenvalue weighted by Gasteiger charge is -2.24. The number of hydrogen-bond donors (Lipinski definition) is 0. The van der Waals surface area contributed by atoms with E-state index in [1.165, 1.54) is 0 Å². The van der Waals surface area contributed by atoms with Crippen molar-refractivity contribution in [1.82, 2.24) is 19.4 Å². The summed E-state index contributed by atoms with van der Waals surface area (Å²) < 4.78 is 7.77. The molecule has 1 amide bonds. The normalized spacial score (nSPS) is 23.4. The lowest BCUT2D eigenvalue weighted by molar-refractivity contribution is -0.140. The third kappa shape index (κ3) is 3.93. The van der Waals surface area contributed by atoms with Crippen LogP contribution in [0.3, 0.4) is 0 Å². The van der Waals surface area contributed by atoms with Gasteiger partial charge in [-0.25, -0.2) is 4.98 Å². The molecular formula is C17H28N4O2. The molecule has 0 N–H and O–H groups in total. The van der Waals surface area contributed by atoms with Gasteiger partial charge in [-0.1, -0.05) is 0 Å². The maximum Gasteiger partial charge on any atom is 0.251 e. The van der Waals surface area contributed by atoms with Gasteiger partial charge in [0.25, 0.3) is 5.91 Å². The Morgan fingerprint density at radius 1 is 1.30 bits per heavy atom. The van der Waals surface area contributed by atoms with Gasteiger partial charge >= 0.3 is 0 Å². The minimum atomic E-state index is -0.193. The van der Waals surface area contributed by atoms with Gasteiger partial charge in [0.15, 0.2) is 0 Å². The van der Waals surface area contributed by atoms with E-state index >= 15 is 0 Å². The lowest BCUT2D eigenvalue weighted by Crippen LogP contribution is -2.41. The number of rotatable bonds is 4. The zero-order chi connectivity index (χ0) is 16.2. The molecule has 0 aliphatic carbocycles. The topological polar surface area (TPSA) is 50.6 Å². The van der Waals surface area contributed by atoms with E-state index in [1.54, 1.807) is 0 Å². The molecule has 0 spiro atoms. The van der Waals surface area contributed by atoms with Gasteiger partial charge in [-0.3, -0.25) is 9.69 Å². The van der Waals surface area contributed by atoms with Crippen molar-refractivity contribution < 1.29 is 9.53 Å². The van der Waals surface area contributed by atoms with E-state index in [0.717, 1.165) is 64.4 Å². The number of hydrogen-bond acceptors (Lipinski definition) is 4. The van der Waals surface area contributed by atoms with Gasteiger partial charge in [-0.15, -0.1) is 0 Å². The van der Waals surface area contributed by atoms with Crippen molar-refractivity contribution in [3.8, 4) is 0 Å². The standard InChI is InChI=1S/C17H28N4O2/c1-14(2)21-9-6-18-16(21)13-19-7-4-8-20(11-10-19)17(22)15-5-3-12-23-15/h6,9,14-15H,3-5,7-8,10-13H2,1-2H3/t15-/m0/s1. The van der Waals surface area contributed by atoms with Gasteiger partial charge in [0.1, 0.15) is 11.9 Å². The summed E-state index contributed by atoms with van der Waals surface area (Å²) >= 11 is 0. The van der Waals surface area contributed by atoms with Gasteiger partial charge < -0.3 is 14.2 Å². The fourth-order valence-corrected chi connectivity index (χ4v) is 3.46. The van der Waals surface area contributed by atoms with Crippen molar-refractivity contribution in [1.29, 1.82) is 0 Å². The molecule has 2 fully saturated rings. The Balaban J connectivity index is 1.56. The summed E-state index contributed by atoms with van der Waals surface area (Å²) in [7, 11) is 0. The largest absolute Gasteiger partial charge is 0.368 e. The summed E-state index contributed by atoms with van der Waals surface area (Å²) in [5.74, 6) is 1.30. The molecule has 0 radical (unpaired) electrons. The van der Waals surface area contributed by atoms with Crippen LogP contribution in [0.5, 0.6) is 0 Å². The summed E-state index contributed by atoms with van der Waals surface area (Å²) in [6.07, 6.45) is 6.63. The van der Waals surface area contributed by atoms with Gasteiger partial charge in [0, 0.05) is 51.2 Å². The van der Waals surface area contributed by atoms with Crippen molar-refractivity contribution >= 4 is 5.91 Å². The Morgan fingerprint density at radius 3 is 2.91 bits per heavy atom. The monoisotopic (exact) mass is 320 g/mol. The predicted octanol–water partition coefficient (Wildman–Crippen LogP) is 1.68. The molecule has 0 unspecified atom stereocenters. The highest BCUT2D eigenvalue weighted by Crippen LogP contribution is 2.17. The number of ether oxygens (including phenoxy) is 1. The molecule has 6 nitrogen and oxygen atoms in total. The highest BCUT2D eigenvalue weighted by molar-refractivity contribution is 5.81. The second kappa shape index (κ2) is 7.45. The van der Waals surface area contributed by atoms with E-state index in [-0.39, 0.29) is 12.0 Å². The predicted molar refractivity (Wildman–Crippen MR) is 88.1 cm³/mol. The second-order valence-electron chi connectivity index (χ2n) is 6.80. The molecule has 128 valence electrons. The number of imidazole rings is 1. The van der Waals surface area contributed by atoms with Crippen molar-refractivity contribution in [3.05, 3.63) is 18.2 Å². The molecule has 3 rings (SSSR count). The van der Waals surface area contributed by atoms with Crippen LogP contribution in [0, 0.1) is 0 Å². The van der Waals surface area contributed by atoms with Crippen LogP contribution in [0.1, 0.15) is 45.0 Å². The average molecular weight is 320 g/mol. The zero-order valence-electron chi connectivity index (χ0n) is 14.3. The first-order chi connectivity index (χ1) is 11.1. The van der Waals surface area contributed by atoms with Crippen LogP contribution in [0.25, 0.3) is 0 Å². The third-order valence-electron chi connectivity index (χ3n) is 4.78. The van der Waals surface area contributed by atoms with Crippen molar-refractivity contribution in [3.63, 3.8) is 0 Å². The van der Waals surface area contributed by atoms with Crippen LogP contribution in [-0.4, -0.2) is 64.1 Å². The van der Waals surface area contributed by atoms with Gasteiger partial charge in [0.05, 0.1) is 6.54 Å². The van der Waals surface area contributed by atoms with Crippen molar-refractivity contribution in [2.75, 3.05) is 32.8 Å². The highest BCUT2D eigenvalue weighted by atomic mass is 16.5. The summed E-state index contributed by atoms with van der Waals surface area (Å²) in [6.45, 7) is 9.49. The van der Waals surface area contributed by atoms with Crippen molar-refractivity contribution in [2.24, 2.45) is 0 Å². The molecule has 1 aromatic heterocycles. The third-order valence-corrected chi connectivity index (χ3v) is 4.78. The summed E-state index contributed by atoms with van der Waals surface area (Å²) in [4.78, 5) is 21.4. The molecule has 3 heterocycles. The minimum Gasteiger partial charge on any atom is -0.368 e. The minimum absolute atomic E-state index is 0.188. The molecule has 6 heteroatoms. The van der Waals surface area contributed by atoms with Crippen LogP contribution in [0.2, 0.25) is 0 Å². The van der Waals surface area contributed by atoms with E-state index in [0.29, 0.717) is 6.04 Å². The Kier molecular flexibility index (Phi) is 5.33. The maximum absolute atomic E-state index is 12.5. The van der Waals surface area contributed by atoms with Crippen LogP contribution in [0.15, 0.2) is 12.4 Å². The molecule has 1 atom stereocenters. The van der Waals surface area contributed by atoms with E-state index in [4.69, 9.17) is 4.74 Å². The first-order valence-electron chi connectivity index (χ1n) is 8.79. The molecule has 0 bridgehead atoms. The Labute approximate surface area is 138 Å². The summed E-state index contributed by atoms with van der Waals surface area (Å²) in [6, 6.07) is 0.428. The van der Waals surface area contributed by atoms with E-state index in [9.17, 15) is 4.79 Å².